The molecule has 100 valence electrons. The van der Waals surface area contributed by atoms with Crippen LogP contribution in [-0.2, 0) is 4.79 Å². The van der Waals surface area contributed by atoms with Crippen LogP contribution in [0.1, 0.15) is 34.1 Å². The molecule has 1 unspecified atom stereocenters. The fourth-order valence-electron chi connectivity index (χ4n) is 1.38. The Labute approximate surface area is 107 Å². The molecular formula is C14H20FNO2. The van der Waals surface area contributed by atoms with Gasteiger partial charge in [-0.1, -0.05) is 27.7 Å². The molecule has 1 amide bonds. The Morgan fingerprint density at radius 3 is 2.56 bits per heavy atom. The molecule has 0 spiro atoms. The van der Waals surface area contributed by atoms with E-state index in [1.54, 1.807) is 0 Å². The summed E-state index contributed by atoms with van der Waals surface area (Å²) < 4.78 is 13.1. The molecule has 1 aromatic rings. The molecule has 2 N–H and O–H groups in total. The molecule has 0 saturated carbocycles. The van der Waals surface area contributed by atoms with E-state index < -0.39 is 11.6 Å². The van der Waals surface area contributed by atoms with Crippen LogP contribution < -0.4 is 5.32 Å². The summed E-state index contributed by atoms with van der Waals surface area (Å²) in [7, 11) is 0. The van der Waals surface area contributed by atoms with Gasteiger partial charge in [0.25, 0.3) is 0 Å². The predicted molar refractivity (Wildman–Crippen MR) is 69.9 cm³/mol. The number of rotatable bonds is 3. The summed E-state index contributed by atoms with van der Waals surface area (Å²) in [6, 6.07) is 3.80. The van der Waals surface area contributed by atoms with E-state index in [0.29, 0.717) is 12.1 Å². The van der Waals surface area contributed by atoms with E-state index in [1.807, 2.05) is 6.92 Å². The van der Waals surface area contributed by atoms with Crippen molar-refractivity contribution in [3.63, 3.8) is 0 Å². The van der Waals surface area contributed by atoms with Crippen molar-refractivity contribution in [2.45, 2.75) is 34.1 Å². The number of hydrogen-bond acceptors (Lipinski definition) is 2. The van der Waals surface area contributed by atoms with Gasteiger partial charge >= 0.3 is 0 Å². The number of carbonyl (C=O) groups is 1. The van der Waals surface area contributed by atoms with Gasteiger partial charge in [-0.3, -0.25) is 4.79 Å². The highest BCUT2D eigenvalue weighted by Gasteiger charge is 2.22. The zero-order valence-corrected chi connectivity index (χ0v) is 11.2. The van der Waals surface area contributed by atoms with Gasteiger partial charge in [0.15, 0.2) is 11.6 Å². The van der Waals surface area contributed by atoms with Crippen molar-refractivity contribution >= 4 is 11.6 Å². The Morgan fingerprint density at radius 1 is 1.44 bits per heavy atom. The molecule has 0 heterocycles. The normalized spacial score (nSPS) is 13.2. The number of hydrogen-bond donors (Lipinski definition) is 2. The third-order valence-corrected chi connectivity index (χ3v) is 3.20. The monoisotopic (exact) mass is 253 g/mol. The van der Waals surface area contributed by atoms with Crippen LogP contribution in [0.15, 0.2) is 18.2 Å². The zero-order valence-electron chi connectivity index (χ0n) is 11.2. The lowest BCUT2D eigenvalue weighted by Crippen LogP contribution is -2.23. The van der Waals surface area contributed by atoms with Crippen LogP contribution in [0.2, 0.25) is 0 Å². The Hall–Kier alpha value is -1.58. The molecule has 0 aliphatic heterocycles. The van der Waals surface area contributed by atoms with E-state index in [2.05, 4.69) is 26.1 Å². The predicted octanol–water partition coefficient (Wildman–Crippen LogP) is 3.54. The van der Waals surface area contributed by atoms with Crippen molar-refractivity contribution in [1.82, 2.24) is 0 Å². The van der Waals surface area contributed by atoms with Crippen molar-refractivity contribution in [1.29, 1.82) is 0 Å². The van der Waals surface area contributed by atoms with E-state index in [4.69, 9.17) is 5.11 Å². The Bertz CT molecular complexity index is 438. The number of benzene rings is 1. The second kappa shape index (κ2) is 5.38. The SMILES string of the molecule is CC(CC(=O)Nc1ccc(O)c(F)c1)C(C)(C)C. The summed E-state index contributed by atoms with van der Waals surface area (Å²) in [5.74, 6) is -1.09. The molecule has 0 saturated heterocycles. The standard InChI is InChI=1S/C14H20FNO2/c1-9(14(2,3)4)7-13(18)16-10-5-6-12(17)11(15)8-10/h5-6,8-9,17H,7H2,1-4H3,(H,16,18). The van der Waals surface area contributed by atoms with Gasteiger partial charge in [0, 0.05) is 18.2 Å². The van der Waals surface area contributed by atoms with E-state index in [1.165, 1.54) is 12.1 Å². The van der Waals surface area contributed by atoms with Crippen molar-refractivity contribution in [2.24, 2.45) is 11.3 Å². The van der Waals surface area contributed by atoms with Gasteiger partial charge in [0.2, 0.25) is 5.91 Å². The van der Waals surface area contributed by atoms with Gasteiger partial charge < -0.3 is 10.4 Å². The summed E-state index contributed by atoms with van der Waals surface area (Å²) >= 11 is 0. The highest BCUT2D eigenvalue weighted by atomic mass is 19.1. The van der Waals surface area contributed by atoms with Crippen LogP contribution in [0.3, 0.4) is 0 Å². The Morgan fingerprint density at radius 2 is 2.06 bits per heavy atom. The summed E-state index contributed by atoms with van der Waals surface area (Å²) in [6.45, 7) is 8.23. The van der Waals surface area contributed by atoms with Crippen LogP contribution in [0.4, 0.5) is 10.1 Å². The van der Waals surface area contributed by atoms with E-state index in [0.717, 1.165) is 6.07 Å². The first-order valence-electron chi connectivity index (χ1n) is 5.98. The first-order chi connectivity index (χ1) is 8.20. The smallest absolute Gasteiger partial charge is 0.224 e. The van der Waals surface area contributed by atoms with Gasteiger partial charge in [-0.2, -0.15) is 0 Å². The highest BCUT2D eigenvalue weighted by Crippen LogP contribution is 2.28. The Balaban J connectivity index is 2.62. The van der Waals surface area contributed by atoms with Crippen molar-refractivity contribution in [3.8, 4) is 5.75 Å². The lowest BCUT2D eigenvalue weighted by Gasteiger charge is -2.26. The number of carbonyl (C=O) groups excluding carboxylic acids is 1. The number of phenolic OH excluding ortho intramolecular Hbond substituents is 1. The maximum Gasteiger partial charge on any atom is 0.224 e. The van der Waals surface area contributed by atoms with Crippen LogP contribution in [0, 0.1) is 17.2 Å². The van der Waals surface area contributed by atoms with Crippen molar-refractivity contribution < 1.29 is 14.3 Å². The number of amides is 1. The molecule has 1 rings (SSSR count). The van der Waals surface area contributed by atoms with Crippen molar-refractivity contribution in [2.75, 3.05) is 5.32 Å². The molecule has 0 radical (unpaired) electrons. The van der Waals surface area contributed by atoms with Crippen molar-refractivity contribution in [3.05, 3.63) is 24.0 Å². The number of phenols is 1. The number of nitrogens with one attached hydrogen (secondary N) is 1. The molecule has 0 aliphatic carbocycles. The van der Waals surface area contributed by atoms with Gasteiger partial charge in [-0.15, -0.1) is 0 Å². The summed E-state index contributed by atoms with van der Waals surface area (Å²) in [5.41, 5.74) is 0.411. The van der Waals surface area contributed by atoms with Gasteiger partial charge in [0.05, 0.1) is 0 Å². The van der Waals surface area contributed by atoms with Crippen LogP contribution in [0.25, 0.3) is 0 Å². The Kier molecular flexibility index (Phi) is 4.33. The minimum Gasteiger partial charge on any atom is -0.505 e. The van der Waals surface area contributed by atoms with E-state index in [-0.39, 0.29) is 17.2 Å². The van der Waals surface area contributed by atoms with Crippen LogP contribution in [0.5, 0.6) is 5.75 Å². The minimum atomic E-state index is -0.739. The number of anilines is 1. The van der Waals surface area contributed by atoms with E-state index in [9.17, 15) is 9.18 Å². The third-order valence-electron chi connectivity index (χ3n) is 3.20. The largest absolute Gasteiger partial charge is 0.505 e. The molecule has 1 aromatic carbocycles. The first-order valence-corrected chi connectivity index (χ1v) is 5.98. The average molecular weight is 253 g/mol. The molecule has 0 bridgehead atoms. The second-order valence-corrected chi connectivity index (χ2v) is 5.69. The van der Waals surface area contributed by atoms with Crippen LogP contribution >= 0.6 is 0 Å². The molecule has 4 heteroatoms. The second-order valence-electron chi connectivity index (χ2n) is 5.69. The zero-order chi connectivity index (χ0) is 13.9. The fourth-order valence-corrected chi connectivity index (χ4v) is 1.38. The number of aromatic hydroxyl groups is 1. The lowest BCUT2D eigenvalue weighted by atomic mass is 9.80. The summed E-state index contributed by atoms with van der Waals surface area (Å²) in [6.07, 6.45) is 0.381. The van der Waals surface area contributed by atoms with Gasteiger partial charge in [0.1, 0.15) is 0 Å². The summed E-state index contributed by atoms with van der Waals surface area (Å²) in [5, 5.41) is 11.7. The van der Waals surface area contributed by atoms with Crippen LogP contribution in [-0.4, -0.2) is 11.0 Å². The highest BCUT2D eigenvalue weighted by molar-refractivity contribution is 5.90. The fraction of sp³-hybridized carbons (Fsp3) is 0.500. The third kappa shape index (κ3) is 4.02. The first kappa shape index (κ1) is 14.5. The summed E-state index contributed by atoms with van der Waals surface area (Å²) in [4.78, 5) is 11.8. The van der Waals surface area contributed by atoms with Gasteiger partial charge in [-0.25, -0.2) is 4.39 Å². The average Bonchev–Trinajstić information content (AvgIpc) is 2.22. The molecule has 18 heavy (non-hydrogen) atoms. The molecule has 3 nitrogen and oxygen atoms in total. The quantitative estimate of drug-likeness (QED) is 0.809. The lowest BCUT2D eigenvalue weighted by molar-refractivity contribution is -0.117. The topological polar surface area (TPSA) is 49.3 Å². The minimum absolute atomic E-state index is 0.0531. The maximum absolute atomic E-state index is 13.1. The number of halogens is 1. The molecule has 0 aromatic heterocycles. The molecule has 0 fully saturated rings. The molecule has 1 atom stereocenters. The maximum atomic E-state index is 13.1. The van der Waals surface area contributed by atoms with Gasteiger partial charge in [-0.05, 0) is 23.5 Å². The molecule has 0 aliphatic rings. The molecular weight excluding hydrogens is 233 g/mol. The van der Waals surface area contributed by atoms with E-state index >= 15 is 0 Å².